The number of benzene rings is 1. The number of aliphatic carboxylic acids is 1. The van der Waals surface area contributed by atoms with Crippen LogP contribution in [0.5, 0.6) is 0 Å². The normalized spacial score (nSPS) is 19.6. The maximum Gasteiger partial charge on any atom is 0.330 e. The first-order chi connectivity index (χ1) is 9.08. The van der Waals surface area contributed by atoms with Gasteiger partial charge in [-0.2, -0.15) is 0 Å². The highest BCUT2D eigenvalue weighted by Crippen LogP contribution is 2.14. The highest BCUT2D eigenvalue weighted by Gasteiger charge is 2.30. The molecule has 6 nitrogen and oxygen atoms in total. The zero-order valence-corrected chi connectivity index (χ0v) is 10.1. The molecule has 1 saturated heterocycles. The molecular formula is C13H14N2O4. The predicted molar refractivity (Wildman–Crippen MR) is 66.1 cm³/mol. The topological polar surface area (TPSA) is 95.5 Å². The largest absolute Gasteiger partial charge is 0.479 e. The first kappa shape index (κ1) is 13.1. The minimum atomic E-state index is -1.14. The number of amides is 2. The fourth-order valence-corrected chi connectivity index (χ4v) is 1.99. The van der Waals surface area contributed by atoms with E-state index in [1.165, 1.54) is 0 Å². The van der Waals surface area contributed by atoms with Gasteiger partial charge in [0.25, 0.3) is 0 Å². The monoisotopic (exact) mass is 262 g/mol. The minimum Gasteiger partial charge on any atom is -0.479 e. The summed E-state index contributed by atoms with van der Waals surface area (Å²) in [5, 5.41) is 14.1. The van der Waals surface area contributed by atoms with E-state index in [9.17, 15) is 14.4 Å². The van der Waals surface area contributed by atoms with E-state index in [-0.39, 0.29) is 5.91 Å². The lowest BCUT2D eigenvalue weighted by molar-refractivity contribution is -0.142. The number of nitrogens with one attached hydrogen (secondary N) is 2. The molecular weight excluding hydrogens is 248 g/mol. The van der Waals surface area contributed by atoms with Crippen LogP contribution >= 0.6 is 0 Å². The fourth-order valence-electron chi connectivity index (χ4n) is 1.99. The van der Waals surface area contributed by atoms with Crippen molar-refractivity contribution in [2.45, 2.75) is 24.9 Å². The van der Waals surface area contributed by atoms with Gasteiger partial charge in [-0.15, -0.1) is 0 Å². The molecule has 1 aromatic rings. The van der Waals surface area contributed by atoms with E-state index < -0.39 is 24.0 Å². The minimum absolute atomic E-state index is 0.188. The van der Waals surface area contributed by atoms with Crippen molar-refractivity contribution in [3.05, 3.63) is 35.9 Å². The lowest BCUT2D eigenvalue weighted by atomic mass is 10.1. The summed E-state index contributed by atoms with van der Waals surface area (Å²) in [6, 6.07) is 6.69. The molecule has 6 heteroatoms. The standard InChI is InChI=1S/C13H14N2O4/c16-10-7-6-9(14-10)12(17)15-11(13(18)19)8-4-2-1-3-5-8/h1-5,9,11H,6-7H2,(H,14,16)(H,15,17)(H,18,19)/t9-,11?/m0/s1. The molecule has 0 aliphatic carbocycles. The second kappa shape index (κ2) is 5.51. The Labute approximate surface area is 109 Å². The molecule has 2 atom stereocenters. The number of carbonyl (C=O) groups excluding carboxylic acids is 2. The van der Waals surface area contributed by atoms with Gasteiger partial charge in [-0.25, -0.2) is 4.79 Å². The summed E-state index contributed by atoms with van der Waals surface area (Å²) >= 11 is 0. The Hall–Kier alpha value is -2.37. The van der Waals surface area contributed by atoms with Gasteiger partial charge < -0.3 is 15.7 Å². The Bertz CT molecular complexity index is 501. The molecule has 2 rings (SSSR count). The van der Waals surface area contributed by atoms with Crippen molar-refractivity contribution in [2.24, 2.45) is 0 Å². The summed E-state index contributed by atoms with van der Waals surface area (Å²) in [5.74, 6) is -1.79. The van der Waals surface area contributed by atoms with E-state index in [1.807, 2.05) is 0 Å². The smallest absolute Gasteiger partial charge is 0.330 e. The highest BCUT2D eigenvalue weighted by molar-refractivity contribution is 5.93. The zero-order valence-electron chi connectivity index (χ0n) is 10.1. The van der Waals surface area contributed by atoms with E-state index >= 15 is 0 Å². The summed E-state index contributed by atoms with van der Waals surface area (Å²) in [6.45, 7) is 0. The van der Waals surface area contributed by atoms with Crippen molar-refractivity contribution in [3.8, 4) is 0 Å². The molecule has 19 heavy (non-hydrogen) atoms. The predicted octanol–water partition coefficient (Wildman–Crippen LogP) is 0.207. The molecule has 0 saturated carbocycles. The van der Waals surface area contributed by atoms with Crippen LogP contribution < -0.4 is 10.6 Å². The Morgan fingerprint density at radius 3 is 2.53 bits per heavy atom. The maximum absolute atomic E-state index is 11.9. The average Bonchev–Trinajstić information content (AvgIpc) is 2.83. The van der Waals surface area contributed by atoms with Crippen LogP contribution in [0.2, 0.25) is 0 Å². The second-order valence-corrected chi connectivity index (χ2v) is 4.35. The van der Waals surface area contributed by atoms with Gasteiger partial charge in [0.15, 0.2) is 6.04 Å². The van der Waals surface area contributed by atoms with E-state index in [0.717, 1.165) is 0 Å². The van der Waals surface area contributed by atoms with Gasteiger partial charge in [0, 0.05) is 6.42 Å². The Morgan fingerprint density at radius 2 is 2.00 bits per heavy atom. The molecule has 1 aromatic carbocycles. The summed E-state index contributed by atoms with van der Waals surface area (Å²) < 4.78 is 0. The highest BCUT2D eigenvalue weighted by atomic mass is 16.4. The molecule has 1 aliphatic rings. The van der Waals surface area contributed by atoms with Crippen LogP contribution in [0.3, 0.4) is 0 Å². The van der Waals surface area contributed by atoms with Gasteiger partial charge in [0.1, 0.15) is 6.04 Å². The second-order valence-electron chi connectivity index (χ2n) is 4.35. The van der Waals surface area contributed by atoms with E-state index in [2.05, 4.69) is 10.6 Å². The van der Waals surface area contributed by atoms with Crippen molar-refractivity contribution in [1.82, 2.24) is 10.6 Å². The molecule has 0 spiro atoms. The van der Waals surface area contributed by atoms with Crippen LogP contribution in [0.15, 0.2) is 30.3 Å². The van der Waals surface area contributed by atoms with Gasteiger partial charge in [-0.05, 0) is 12.0 Å². The third kappa shape index (κ3) is 3.09. The van der Waals surface area contributed by atoms with Crippen LogP contribution in [0.25, 0.3) is 0 Å². The number of hydrogen-bond donors (Lipinski definition) is 3. The Morgan fingerprint density at radius 1 is 1.32 bits per heavy atom. The summed E-state index contributed by atoms with van der Waals surface area (Å²) in [6.07, 6.45) is 0.687. The third-order valence-corrected chi connectivity index (χ3v) is 2.98. The summed E-state index contributed by atoms with van der Waals surface area (Å²) in [5.41, 5.74) is 0.493. The van der Waals surface area contributed by atoms with Gasteiger partial charge >= 0.3 is 5.97 Å². The van der Waals surface area contributed by atoms with Gasteiger partial charge in [-0.3, -0.25) is 9.59 Å². The molecule has 0 aromatic heterocycles. The fraction of sp³-hybridized carbons (Fsp3) is 0.308. The first-order valence-corrected chi connectivity index (χ1v) is 5.95. The number of carbonyl (C=O) groups is 3. The van der Waals surface area contributed by atoms with Crippen molar-refractivity contribution < 1.29 is 19.5 Å². The lowest BCUT2D eigenvalue weighted by Crippen LogP contribution is -2.44. The van der Waals surface area contributed by atoms with Crippen LogP contribution in [0.1, 0.15) is 24.4 Å². The number of carboxylic acids is 1. The van der Waals surface area contributed by atoms with Crippen molar-refractivity contribution in [1.29, 1.82) is 0 Å². The molecule has 1 unspecified atom stereocenters. The lowest BCUT2D eigenvalue weighted by Gasteiger charge is -2.17. The van der Waals surface area contributed by atoms with Crippen LogP contribution in [0, 0.1) is 0 Å². The van der Waals surface area contributed by atoms with E-state index in [0.29, 0.717) is 18.4 Å². The van der Waals surface area contributed by atoms with E-state index in [1.54, 1.807) is 30.3 Å². The SMILES string of the molecule is O=C1CC[C@@H](C(=O)NC(C(=O)O)c2ccccc2)N1. The molecule has 0 radical (unpaired) electrons. The van der Waals surface area contributed by atoms with Crippen molar-refractivity contribution in [3.63, 3.8) is 0 Å². The number of carboxylic acid groups (broad SMARTS) is 1. The number of hydrogen-bond acceptors (Lipinski definition) is 3. The van der Waals surface area contributed by atoms with Crippen LogP contribution in [-0.2, 0) is 14.4 Å². The van der Waals surface area contributed by atoms with Gasteiger partial charge in [0.2, 0.25) is 11.8 Å². The molecule has 3 N–H and O–H groups in total. The molecule has 1 fully saturated rings. The van der Waals surface area contributed by atoms with Crippen molar-refractivity contribution >= 4 is 17.8 Å². The Kier molecular flexibility index (Phi) is 3.79. The summed E-state index contributed by atoms with van der Waals surface area (Å²) in [7, 11) is 0. The maximum atomic E-state index is 11.9. The van der Waals surface area contributed by atoms with Gasteiger partial charge in [-0.1, -0.05) is 30.3 Å². The molecule has 1 aliphatic heterocycles. The van der Waals surface area contributed by atoms with Gasteiger partial charge in [0.05, 0.1) is 0 Å². The molecule has 1 heterocycles. The van der Waals surface area contributed by atoms with E-state index in [4.69, 9.17) is 5.11 Å². The average molecular weight is 262 g/mol. The van der Waals surface area contributed by atoms with Crippen LogP contribution in [-0.4, -0.2) is 28.9 Å². The molecule has 100 valence electrons. The van der Waals surface area contributed by atoms with Crippen LogP contribution in [0.4, 0.5) is 0 Å². The number of rotatable bonds is 4. The Balaban J connectivity index is 2.07. The summed E-state index contributed by atoms with van der Waals surface area (Å²) in [4.78, 5) is 34.1. The molecule has 2 amide bonds. The zero-order chi connectivity index (χ0) is 13.8. The third-order valence-electron chi connectivity index (χ3n) is 2.98. The first-order valence-electron chi connectivity index (χ1n) is 5.95. The van der Waals surface area contributed by atoms with Crippen molar-refractivity contribution in [2.75, 3.05) is 0 Å². The molecule has 0 bridgehead atoms. The quantitative estimate of drug-likeness (QED) is 0.722.